The smallest absolute Gasteiger partial charge is 0.242 e. The largest absolute Gasteiger partial charge is 0.497 e. The van der Waals surface area contributed by atoms with Gasteiger partial charge in [0.05, 0.1) is 30.3 Å². The molecule has 0 amide bonds. The summed E-state index contributed by atoms with van der Waals surface area (Å²) in [6, 6.07) is 20.0. The van der Waals surface area contributed by atoms with Gasteiger partial charge in [-0.1, -0.05) is 18.2 Å². The third-order valence-electron chi connectivity index (χ3n) is 5.60. The lowest BCUT2D eigenvalue weighted by atomic mass is 10.1. The monoisotopic (exact) mass is 489 g/mol. The second kappa shape index (κ2) is 8.80. The van der Waals surface area contributed by atoms with Crippen LogP contribution in [0.25, 0.3) is 22.4 Å². The Balaban J connectivity index is 1.42. The maximum atomic E-state index is 11.7. The Hall–Kier alpha value is -4.31. The van der Waals surface area contributed by atoms with Gasteiger partial charge in [-0.3, -0.25) is 4.68 Å². The molecule has 5 rings (SSSR count). The number of benzene rings is 3. The number of nitrogens with one attached hydrogen (secondary N) is 1. The summed E-state index contributed by atoms with van der Waals surface area (Å²) in [7, 11) is -1.63. The van der Waals surface area contributed by atoms with Crippen LogP contribution in [-0.2, 0) is 16.4 Å². The summed E-state index contributed by atoms with van der Waals surface area (Å²) in [5.41, 5.74) is 9.51. The molecule has 3 N–H and O–H groups in total. The molecule has 2 aromatic heterocycles. The summed E-state index contributed by atoms with van der Waals surface area (Å²) in [5.74, 6) is 1.62. The van der Waals surface area contributed by atoms with Crippen molar-refractivity contribution in [2.45, 2.75) is 11.4 Å². The van der Waals surface area contributed by atoms with Crippen LogP contribution in [0, 0.1) is 0 Å². The molecule has 0 saturated heterocycles. The van der Waals surface area contributed by atoms with Crippen LogP contribution in [0.4, 0.5) is 17.4 Å². The molecule has 2 heterocycles. The molecule has 35 heavy (non-hydrogen) atoms. The van der Waals surface area contributed by atoms with Crippen LogP contribution in [0.5, 0.6) is 5.75 Å². The highest BCUT2D eigenvalue weighted by molar-refractivity contribution is 7.90. The van der Waals surface area contributed by atoms with Crippen molar-refractivity contribution < 1.29 is 17.6 Å². The Kier molecular flexibility index (Phi) is 5.65. The summed E-state index contributed by atoms with van der Waals surface area (Å²) in [4.78, 5) is 4.63. The van der Waals surface area contributed by atoms with E-state index in [-0.39, 0.29) is 16.6 Å². The molecule has 5 aromatic rings. The first-order chi connectivity index (χ1) is 16.8. The highest BCUT2D eigenvalue weighted by atomic mass is 32.2. The number of rotatable bonds is 7. The maximum Gasteiger partial charge on any atom is 0.242 e. The molecular weight excluding hydrogens is 466 g/mol. The molecule has 0 fully saturated rings. The summed E-state index contributed by atoms with van der Waals surface area (Å²) >= 11 is 0. The first kappa shape index (κ1) is 22.5. The number of ether oxygens (including phenoxy) is 1. The molecule has 0 aliphatic heterocycles. The zero-order valence-corrected chi connectivity index (χ0v) is 19.9. The van der Waals surface area contributed by atoms with Crippen LogP contribution in [-0.4, -0.2) is 36.5 Å². The van der Waals surface area contributed by atoms with Crippen molar-refractivity contribution in [1.82, 2.24) is 14.8 Å². The van der Waals surface area contributed by atoms with E-state index in [0.29, 0.717) is 18.1 Å². The van der Waals surface area contributed by atoms with E-state index in [9.17, 15) is 8.42 Å². The van der Waals surface area contributed by atoms with Gasteiger partial charge in [0.25, 0.3) is 0 Å². The molecule has 0 bridgehead atoms. The predicted octanol–water partition coefficient (Wildman–Crippen LogP) is 4.48. The molecule has 0 aliphatic rings. The fourth-order valence-corrected chi connectivity index (χ4v) is 4.40. The summed E-state index contributed by atoms with van der Waals surface area (Å²) in [6.45, 7) is 0.598. The van der Waals surface area contributed by atoms with E-state index in [4.69, 9.17) is 14.9 Å². The van der Waals surface area contributed by atoms with Crippen LogP contribution in [0.1, 0.15) is 5.56 Å². The number of nitrogen functional groups attached to an aromatic ring is 1. The van der Waals surface area contributed by atoms with E-state index < -0.39 is 9.84 Å². The highest BCUT2D eigenvalue weighted by Crippen LogP contribution is 2.34. The number of methoxy groups -OCH3 is 1. The van der Waals surface area contributed by atoms with Crippen molar-refractivity contribution in [3.05, 3.63) is 78.5 Å². The maximum absolute atomic E-state index is 11.7. The fourth-order valence-electron chi connectivity index (χ4n) is 3.77. The van der Waals surface area contributed by atoms with Gasteiger partial charge in [0.2, 0.25) is 11.8 Å². The molecule has 178 valence electrons. The molecule has 0 atom stereocenters. The van der Waals surface area contributed by atoms with Crippen LogP contribution in [0.15, 0.2) is 82.2 Å². The van der Waals surface area contributed by atoms with Crippen molar-refractivity contribution in [2.75, 3.05) is 24.4 Å². The van der Waals surface area contributed by atoms with Gasteiger partial charge in [0, 0.05) is 22.9 Å². The average molecular weight is 490 g/mol. The van der Waals surface area contributed by atoms with E-state index in [1.54, 1.807) is 25.4 Å². The predicted molar refractivity (Wildman–Crippen MR) is 135 cm³/mol. The Morgan fingerprint density at radius 2 is 1.80 bits per heavy atom. The number of nitrogens with zero attached hydrogens (tertiary/aromatic N) is 3. The van der Waals surface area contributed by atoms with E-state index in [2.05, 4.69) is 15.4 Å². The molecule has 10 heteroatoms. The summed E-state index contributed by atoms with van der Waals surface area (Å²) in [6.07, 6.45) is 2.95. The van der Waals surface area contributed by atoms with E-state index in [0.717, 1.165) is 34.0 Å². The standard InChI is InChI=1S/C25H23N5O4S/c1-33-18-10-6-16(7-11-18)15-30-22-5-3-4-20(21(22)14-27-30)24-29-23(26)25(34-24)28-17-8-12-19(13-9-17)35(2,31)32/h3-14,28H,15,26H2,1-2H3. The quantitative estimate of drug-likeness (QED) is 0.343. The van der Waals surface area contributed by atoms with Gasteiger partial charge in [0.15, 0.2) is 15.7 Å². The van der Waals surface area contributed by atoms with Gasteiger partial charge in [-0.25, -0.2) is 8.42 Å². The van der Waals surface area contributed by atoms with Crippen LogP contribution >= 0.6 is 0 Å². The zero-order valence-electron chi connectivity index (χ0n) is 19.1. The van der Waals surface area contributed by atoms with E-state index in [1.165, 1.54) is 12.1 Å². The summed E-state index contributed by atoms with van der Waals surface area (Å²) < 4.78 is 36.4. The topological polar surface area (TPSA) is 125 Å². The molecule has 0 radical (unpaired) electrons. The van der Waals surface area contributed by atoms with Gasteiger partial charge >= 0.3 is 0 Å². The zero-order chi connectivity index (χ0) is 24.6. The van der Waals surface area contributed by atoms with Crippen LogP contribution in [0.3, 0.4) is 0 Å². The lowest BCUT2D eigenvalue weighted by Gasteiger charge is -2.06. The Morgan fingerprint density at radius 3 is 2.49 bits per heavy atom. The first-order valence-electron chi connectivity index (χ1n) is 10.7. The number of hydrogen-bond donors (Lipinski definition) is 2. The number of oxazole rings is 1. The number of sulfone groups is 1. The lowest BCUT2D eigenvalue weighted by molar-refractivity contribution is 0.414. The molecule has 0 saturated carbocycles. The van der Waals surface area contributed by atoms with Crippen molar-refractivity contribution in [3.63, 3.8) is 0 Å². The number of fused-ring (bicyclic) bond motifs is 1. The number of aromatic nitrogens is 3. The number of nitrogens with two attached hydrogens (primary N) is 1. The molecule has 9 nitrogen and oxygen atoms in total. The molecule has 3 aromatic carbocycles. The van der Waals surface area contributed by atoms with Crippen LogP contribution < -0.4 is 15.8 Å². The SMILES string of the molecule is COc1ccc(Cn2ncc3c(-c4nc(N)c(Nc5ccc(S(C)(=O)=O)cc5)o4)cccc32)cc1. The minimum atomic E-state index is -3.28. The third kappa shape index (κ3) is 4.56. The minimum absolute atomic E-state index is 0.190. The molecule has 0 unspecified atom stereocenters. The van der Waals surface area contributed by atoms with Gasteiger partial charge in [-0.15, -0.1) is 0 Å². The van der Waals surface area contributed by atoms with Gasteiger partial charge in [-0.2, -0.15) is 10.1 Å². The van der Waals surface area contributed by atoms with Crippen molar-refractivity contribution in [3.8, 4) is 17.2 Å². The summed E-state index contributed by atoms with van der Waals surface area (Å²) in [5, 5.41) is 8.50. The van der Waals surface area contributed by atoms with Gasteiger partial charge in [0.1, 0.15) is 5.75 Å². The Bertz CT molecular complexity index is 1600. The number of hydrogen-bond acceptors (Lipinski definition) is 8. The van der Waals surface area contributed by atoms with E-state index >= 15 is 0 Å². The lowest BCUT2D eigenvalue weighted by Crippen LogP contribution is -2.01. The highest BCUT2D eigenvalue weighted by Gasteiger charge is 2.17. The molecule has 0 aliphatic carbocycles. The fraction of sp³-hybridized carbons (Fsp3) is 0.120. The van der Waals surface area contributed by atoms with Gasteiger partial charge < -0.3 is 20.2 Å². The second-order valence-electron chi connectivity index (χ2n) is 8.04. The normalized spacial score (nSPS) is 11.6. The Labute approximate surface area is 202 Å². The van der Waals surface area contributed by atoms with Crippen LogP contribution in [0.2, 0.25) is 0 Å². The molecular formula is C25H23N5O4S. The molecule has 0 spiro atoms. The van der Waals surface area contributed by atoms with E-state index in [1.807, 2.05) is 47.1 Å². The Morgan fingerprint density at radius 1 is 1.06 bits per heavy atom. The minimum Gasteiger partial charge on any atom is -0.497 e. The second-order valence-corrected chi connectivity index (χ2v) is 10.1. The van der Waals surface area contributed by atoms with Crippen molar-refractivity contribution in [2.24, 2.45) is 0 Å². The number of anilines is 3. The van der Waals surface area contributed by atoms with Gasteiger partial charge in [-0.05, 0) is 54.1 Å². The first-order valence-corrected chi connectivity index (χ1v) is 12.6. The van der Waals surface area contributed by atoms with Crippen molar-refractivity contribution in [1.29, 1.82) is 0 Å². The van der Waals surface area contributed by atoms with Crippen molar-refractivity contribution >= 4 is 38.1 Å². The third-order valence-corrected chi connectivity index (χ3v) is 6.73. The average Bonchev–Trinajstić information content (AvgIpc) is 3.42.